The number of aromatic nitrogens is 2. The largest absolute Gasteiger partial charge is 0.382 e. The standard InChI is InChI=1S/C14H27N5O.HI/c1-3-15-14(17-9-7-13-20-4-2)16-8-5-11-19-12-6-10-18-19;/h6,10,12H,3-5,7-9,11,13H2,1-2H3,(H2,15,16,17);1H. The summed E-state index contributed by atoms with van der Waals surface area (Å²) in [5.74, 6) is 0.879. The van der Waals surface area contributed by atoms with Gasteiger partial charge in [-0.25, -0.2) is 0 Å². The van der Waals surface area contributed by atoms with Crippen molar-refractivity contribution in [1.29, 1.82) is 0 Å². The van der Waals surface area contributed by atoms with Crippen molar-refractivity contribution in [2.75, 3.05) is 32.8 Å². The zero-order valence-electron chi connectivity index (χ0n) is 13.0. The lowest BCUT2D eigenvalue weighted by atomic mass is 10.4. The molecule has 7 heteroatoms. The molecule has 0 bridgehead atoms. The minimum Gasteiger partial charge on any atom is -0.382 e. The number of rotatable bonds is 10. The summed E-state index contributed by atoms with van der Waals surface area (Å²) in [6.07, 6.45) is 5.75. The van der Waals surface area contributed by atoms with E-state index in [2.05, 4.69) is 27.6 Å². The van der Waals surface area contributed by atoms with Crippen LogP contribution >= 0.6 is 24.0 Å². The molecule has 1 aromatic rings. The first-order chi connectivity index (χ1) is 9.86. The topological polar surface area (TPSA) is 63.5 Å². The minimum atomic E-state index is 0. The Morgan fingerprint density at radius 3 is 2.81 bits per heavy atom. The fourth-order valence-corrected chi connectivity index (χ4v) is 1.72. The molecule has 122 valence electrons. The van der Waals surface area contributed by atoms with Crippen LogP contribution < -0.4 is 10.6 Å². The smallest absolute Gasteiger partial charge is 0.191 e. The second kappa shape index (κ2) is 14.1. The summed E-state index contributed by atoms with van der Waals surface area (Å²) in [4.78, 5) is 4.54. The van der Waals surface area contributed by atoms with Crippen LogP contribution in [0, 0.1) is 0 Å². The maximum atomic E-state index is 5.31. The fourth-order valence-electron chi connectivity index (χ4n) is 1.72. The van der Waals surface area contributed by atoms with Crippen LogP contribution in [0.15, 0.2) is 23.5 Å². The van der Waals surface area contributed by atoms with Crippen LogP contribution in [0.4, 0.5) is 0 Å². The number of hydrogen-bond acceptors (Lipinski definition) is 3. The van der Waals surface area contributed by atoms with Gasteiger partial charge in [0.15, 0.2) is 5.96 Å². The second-order valence-corrected chi connectivity index (χ2v) is 4.36. The predicted octanol–water partition coefficient (Wildman–Crippen LogP) is 1.87. The number of nitrogens with one attached hydrogen (secondary N) is 2. The summed E-state index contributed by atoms with van der Waals surface area (Å²) in [6, 6.07) is 1.94. The Hall–Kier alpha value is -0.830. The van der Waals surface area contributed by atoms with Gasteiger partial charge in [-0.15, -0.1) is 24.0 Å². The maximum absolute atomic E-state index is 5.31. The van der Waals surface area contributed by atoms with Gasteiger partial charge in [0.2, 0.25) is 0 Å². The molecule has 6 nitrogen and oxygen atoms in total. The summed E-state index contributed by atoms with van der Waals surface area (Å²) in [7, 11) is 0. The van der Waals surface area contributed by atoms with E-state index in [0.717, 1.165) is 58.2 Å². The molecular formula is C14H28IN5O. The lowest BCUT2D eigenvalue weighted by Gasteiger charge is -2.11. The number of halogens is 1. The fraction of sp³-hybridized carbons (Fsp3) is 0.714. The molecule has 0 aliphatic carbocycles. The van der Waals surface area contributed by atoms with Crippen LogP contribution in [0.25, 0.3) is 0 Å². The third kappa shape index (κ3) is 10.5. The van der Waals surface area contributed by atoms with E-state index in [1.165, 1.54) is 0 Å². The van der Waals surface area contributed by atoms with Crippen molar-refractivity contribution < 1.29 is 4.74 Å². The minimum absolute atomic E-state index is 0. The highest BCUT2D eigenvalue weighted by Crippen LogP contribution is 1.90. The molecule has 1 heterocycles. The molecule has 0 saturated heterocycles. The predicted molar refractivity (Wildman–Crippen MR) is 97.4 cm³/mol. The highest BCUT2D eigenvalue weighted by atomic mass is 127. The van der Waals surface area contributed by atoms with Crippen molar-refractivity contribution in [3.8, 4) is 0 Å². The van der Waals surface area contributed by atoms with E-state index >= 15 is 0 Å². The maximum Gasteiger partial charge on any atom is 0.191 e. The summed E-state index contributed by atoms with van der Waals surface area (Å²) in [5.41, 5.74) is 0. The third-order valence-corrected chi connectivity index (χ3v) is 2.68. The van der Waals surface area contributed by atoms with Gasteiger partial charge in [0.1, 0.15) is 0 Å². The highest BCUT2D eigenvalue weighted by molar-refractivity contribution is 14.0. The van der Waals surface area contributed by atoms with Gasteiger partial charge in [0.05, 0.1) is 0 Å². The Balaban J connectivity index is 0.00000400. The third-order valence-electron chi connectivity index (χ3n) is 2.68. The molecule has 1 rings (SSSR count). The molecule has 0 atom stereocenters. The van der Waals surface area contributed by atoms with Gasteiger partial charge in [0.25, 0.3) is 0 Å². The van der Waals surface area contributed by atoms with E-state index in [1.807, 2.05) is 23.9 Å². The van der Waals surface area contributed by atoms with Crippen molar-refractivity contribution in [3.63, 3.8) is 0 Å². The quantitative estimate of drug-likeness (QED) is 0.268. The first-order valence-corrected chi connectivity index (χ1v) is 7.44. The molecule has 1 aromatic heterocycles. The first kappa shape index (κ1) is 20.2. The summed E-state index contributed by atoms with van der Waals surface area (Å²) >= 11 is 0. The normalized spacial score (nSPS) is 11.0. The van der Waals surface area contributed by atoms with Gasteiger partial charge in [-0.2, -0.15) is 5.10 Å². The Morgan fingerprint density at radius 2 is 2.14 bits per heavy atom. The van der Waals surface area contributed by atoms with Crippen LogP contribution in [-0.4, -0.2) is 48.6 Å². The molecule has 0 unspecified atom stereocenters. The van der Waals surface area contributed by atoms with Crippen molar-refractivity contribution in [2.45, 2.75) is 33.2 Å². The average molecular weight is 409 g/mol. The molecule has 0 aromatic carbocycles. The number of aryl methyl sites for hydroxylation is 1. The molecule has 0 amide bonds. The molecule has 0 aliphatic heterocycles. The van der Waals surface area contributed by atoms with Crippen LogP contribution in [-0.2, 0) is 11.3 Å². The molecule has 0 saturated carbocycles. The first-order valence-electron chi connectivity index (χ1n) is 7.44. The zero-order chi connectivity index (χ0) is 14.5. The summed E-state index contributed by atoms with van der Waals surface area (Å²) in [5, 5.41) is 10.7. The van der Waals surface area contributed by atoms with Crippen LogP contribution in [0.3, 0.4) is 0 Å². The van der Waals surface area contributed by atoms with E-state index in [0.29, 0.717) is 0 Å². The molecule has 0 aliphatic rings. The van der Waals surface area contributed by atoms with E-state index in [9.17, 15) is 0 Å². The van der Waals surface area contributed by atoms with Crippen molar-refractivity contribution >= 4 is 29.9 Å². The van der Waals surface area contributed by atoms with Gasteiger partial charge >= 0.3 is 0 Å². The lowest BCUT2D eigenvalue weighted by Crippen LogP contribution is -2.38. The monoisotopic (exact) mass is 409 g/mol. The van der Waals surface area contributed by atoms with Gasteiger partial charge in [-0.3, -0.25) is 9.67 Å². The van der Waals surface area contributed by atoms with Crippen LogP contribution in [0.5, 0.6) is 0 Å². The lowest BCUT2D eigenvalue weighted by molar-refractivity contribution is 0.145. The molecule has 0 radical (unpaired) electrons. The van der Waals surface area contributed by atoms with Crippen molar-refractivity contribution in [1.82, 2.24) is 20.4 Å². The number of aliphatic imine (C=N–C) groups is 1. The zero-order valence-corrected chi connectivity index (χ0v) is 15.4. The molecular weight excluding hydrogens is 381 g/mol. The second-order valence-electron chi connectivity index (χ2n) is 4.36. The number of hydrogen-bond donors (Lipinski definition) is 2. The van der Waals surface area contributed by atoms with Gasteiger partial charge in [0, 0.05) is 51.8 Å². The van der Waals surface area contributed by atoms with Crippen LogP contribution in [0.1, 0.15) is 26.7 Å². The number of nitrogens with zero attached hydrogens (tertiary/aromatic N) is 3. The Bertz CT molecular complexity index is 356. The molecule has 0 fully saturated rings. The van der Waals surface area contributed by atoms with Gasteiger partial charge < -0.3 is 15.4 Å². The van der Waals surface area contributed by atoms with Crippen LogP contribution in [0.2, 0.25) is 0 Å². The van der Waals surface area contributed by atoms with E-state index in [4.69, 9.17) is 4.74 Å². The summed E-state index contributed by atoms with van der Waals surface area (Å²) < 4.78 is 7.23. The highest BCUT2D eigenvalue weighted by Gasteiger charge is 1.96. The number of guanidine groups is 1. The average Bonchev–Trinajstić information content (AvgIpc) is 2.96. The van der Waals surface area contributed by atoms with Crippen molar-refractivity contribution in [2.24, 2.45) is 4.99 Å². The molecule has 21 heavy (non-hydrogen) atoms. The van der Waals surface area contributed by atoms with E-state index in [-0.39, 0.29) is 24.0 Å². The van der Waals surface area contributed by atoms with E-state index in [1.54, 1.807) is 6.20 Å². The Morgan fingerprint density at radius 1 is 1.29 bits per heavy atom. The molecule has 2 N–H and O–H groups in total. The Labute approximate surface area is 144 Å². The molecule has 0 spiro atoms. The van der Waals surface area contributed by atoms with Gasteiger partial charge in [-0.1, -0.05) is 0 Å². The Kier molecular flexibility index (Phi) is 13.6. The number of ether oxygens (including phenoxy) is 1. The SMILES string of the molecule is CCNC(=NCCCn1cccn1)NCCCOCC.I. The van der Waals surface area contributed by atoms with E-state index < -0.39 is 0 Å². The van der Waals surface area contributed by atoms with Gasteiger partial charge in [-0.05, 0) is 32.8 Å². The summed E-state index contributed by atoms with van der Waals surface area (Å²) in [6.45, 7) is 9.10. The van der Waals surface area contributed by atoms with Crippen molar-refractivity contribution in [3.05, 3.63) is 18.5 Å².